The highest BCUT2D eigenvalue weighted by molar-refractivity contribution is 5.71. The van der Waals surface area contributed by atoms with Crippen LogP contribution < -0.4 is 0 Å². The van der Waals surface area contributed by atoms with Gasteiger partial charge in [0.25, 0.3) is 0 Å². The van der Waals surface area contributed by atoms with Crippen molar-refractivity contribution in [2.75, 3.05) is 6.61 Å². The van der Waals surface area contributed by atoms with E-state index in [9.17, 15) is 4.79 Å². The van der Waals surface area contributed by atoms with Gasteiger partial charge in [0.2, 0.25) is 0 Å². The van der Waals surface area contributed by atoms with Gasteiger partial charge in [-0.05, 0) is 49.1 Å². The van der Waals surface area contributed by atoms with Gasteiger partial charge in [0, 0.05) is 35.2 Å². The van der Waals surface area contributed by atoms with E-state index in [1.807, 2.05) is 50.2 Å². The van der Waals surface area contributed by atoms with Crippen LogP contribution in [-0.4, -0.2) is 22.7 Å². The molecule has 0 bridgehead atoms. The summed E-state index contributed by atoms with van der Waals surface area (Å²) in [6.45, 7) is 4.22. The van der Waals surface area contributed by atoms with Crippen molar-refractivity contribution in [1.82, 2.24) is 10.1 Å². The molecule has 0 saturated heterocycles. The normalized spacial score (nSPS) is 10.9. The zero-order valence-electron chi connectivity index (χ0n) is 21.7. The molecule has 0 unspecified atom stereocenters. The average Bonchev–Trinajstić information content (AvgIpc) is 3.32. The van der Waals surface area contributed by atoms with Crippen molar-refractivity contribution in [1.29, 1.82) is 0 Å². The third-order valence-corrected chi connectivity index (χ3v) is 6.58. The van der Waals surface area contributed by atoms with Gasteiger partial charge >= 0.3 is 5.97 Å². The number of carbonyl (C=O) groups is 1. The monoisotopic (exact) mass is 502 g/mol. The Labute approximate surface area is 223 Å². The lowest BCUT2D eigenvalue weighted by Crippen LogP contribution is -2.05. The molecule has 0 N–H and O–H groups in total. The second kappa shape index (κ2) is 11.7. The van der Waals surface area contributed by atoms with Crippen LogP contribution in [-0.2, 0) is 22.4 Å². The Bertz CT molecular complexity index is 1500. The Morgan fingerprint density at radius 3 is 2.18 bits per heavy atom. The van der Waals surface area contributed by atoms with Gasteiger partial charge in [-0.2, -0.15) is 0 Å². The fourth-order valence-corrected chi connectivity index (χ4v) is 4.51. The Hall–Kier alpha value is -4.51. The molecule has 2 aromatic heterocycles. The predicted octanol–water partition coefficient (Wildman–Crippen LogP) is 7.47. The first-order valence-corrected chi connectivity index (χ1v) is 12.9. The second-order valence-electron chi connectivity index (χ2n) is 9.21. The van der Waals surface area contributed by atoms with Crippen molar-refractivity contribution in [2.24, 2.45) is 0 Å². The molecule has 38 heavy (non-hydrogen) atoms. The molecule has 0 spiro atoms. The van der Waals surface area contributed by atoms with Crippen LogP contribution in [0, 0.1) is 6.92 Å². The molecule has 0 aliphatic carbocycles. The minimum atomic E-state index is -0.158. The van der Waals surface area contributed by atoms with Crippen molar-refractivity contribution in [2.45, 2.75) is 33.1 Å². The number of esters is 1. The lowest BCUT2D eigenvalue weighted by atomic mass is 9.98. The summed E-state index contributed by atoms with van der Waals surface area (Å²) in [6.07, 6.45) is 1.71. The largest absolute Gasteiger partial charge is 0.466 e. The van der Waals surface area contributed by atoms with Crippen LogP contribution in [0.2, 0.25) is 0 Å². The van der Waals surface area contributed by atoms with Crippen LogP contribution in [0.25, 0.3) is 33.7 Å². The van der Waals surface area contributed by atoms with E-state index in [-0.39, 0.29) is 5.97 Å². The van der Waals surface area contributed by atoms with Crippen LogP contribution >= 0.6 is 0 Å². The molecule has 190 valence electrons. The number of aryl methyl sites for hydroxylation is 2. The van der Waals surface area contributed by atoms with Crippen molar-refractivity contribution >= 4 is 5.97 Å². The summed E-state index contributed by atoms with van der Waals surface area (Å²) in [7, 11) is 0. The van der Waals surface area contributed by atoms with Crippen LogP contribution in [0.15, 0.2) is 102 Å². The standard InChI is InChI=1S/C33H30N2O3/c1-3-37-32(36)21-14-24-12-15-25(16-13-24)26-17-19-28(20-18-26)33-30(23(2)35-38-33)22-29-10-7-11-31(34-29)27-8-5-4-6-9-27/h4-13,15-20H,3,14,21-22H2,1-2H3. The van der Waals surface area contributed by atoms with Gasteiger partial charge in [-0.15, -0.1) is 0 Å². The molecule has 0 aliphatic heterocycles. The molecule has 0 aliphatic rings. The van der Waals surface area contributed by atoms with Crippen LogP contribution in [0.4, 0.5) is 0 Å². The van der Waals surface area contributed by atoms with Crippen molar-refractivity contribution in [3.05, 3.63) is 120 Å². The summed E-state index contributed by atoms with van der Waals surface area (Å²) in [5.41, 5.74) is 9.26. The Balaban J connectivity index is 1.31. The average molecular weight is 503 g/mol. The smallest absolute Gasteiger partial charge is 0.306 e. The highest BCUT2D eigenvalue weighted by Crippen LogP contribution is 2.31. The zero-order chi connectivity index (χ0) is 26.3. The van der Waals surface area contributed by atoms with Gasteiger partial charge in [-0.3, -0.25) is 9.78 Å². The maximum atomic E-state index is 11.6. The number of pyridine rings is 1. The van der Waals surface area contributed by atoms with E-state index in [1.165, 1.54) is 0 Å². The van der Waals surface area contributed by atoms with Gasteiger partial charge in [0.1, 0.15) is 0 Å². The van der Waals surface area contributed by atoms with Crippen molar-refractivity contribution < 1.29 is 14.1 Å². The number of hydrogen-bond acceptors (Lipinski definition) is 5. The van der Waals surface area contributed by atoms with Crippen molar-refractivity contribution in [3.63, 3.8) is 0 Å². The van der Waals surface area contributed by atoms with Gasteiger partial charge in [0.05, 0.1) is 18.0 Å². The zero-order valence-corrected chi connectivity index (χ0v) is 21.7. The van der Waals surface area contributed by atoms with E-state index < -0.39 is 0 Å². The van der Waals surface area contributed by atoms with Crippen LogP contribution in [0.3, 0.4) is 0 Å². The molecule has 2 heterocycles. The number of ether oxygens (including phenoxy) is 1. The summed E-state index contributed by atoms with van der Waals surface area (Å²) in [4.78, 5) is 16.5. The Morgan fingerprint density at radius 2 is 1.47 bits per heavy atom. The summed E-state index contributed by atoms with van der Waals surface area (Å²) in [5.74, 6) is 0.615. The van der Waals surface area contributed by atoms with Crippen LogP contribution in [0.5, 0.6) is 0 Å². The highest BCUT2D eigenvalue weighted by Gasteiger charge is 2.17. The van der Waals surface area contributed by atoms with Gasteiger partial charge in [-0.1, -0.05) is 90.1 Å². The number of nitrogens with zero attached hydrogens (tertiary/aromatic N) is 2. The topological polar surface area (TPSA) is 65.2 Å². The number of carbonyl (C=O) groups excluding carboxylic acids is 1. The van der Waals surface area contributed by atoms with Crippen LogP contribution in [0.1, 0.15) is 35.9 Å². The summed E-state index contributed by atoms with van der Waals surface area (Å²) >= 11 is 0. The van der Waals surface area contributed by atoms with Gasteiger partial charge in [-0.25, -0.2) is 0 Å². The first-order valence-electron chi connectivity index (χ1n) is 12.9. The lowest BCUT2D eigenvalue weighted by Gasteiger charge is -2.08. The molecular weight excluding hydrogens is 472 g/mol. The van der Waals surface area contributed by atoms with E-state index in [0.29, 0.717) is 25.9 Å². The molecule has 0 atom stereocenters. The molecule has 5 nitrogen and oxygen atoms in total. The summed E-state index contributed by atoms with van der Waals surface area (Å²) < 4.78 is 10.8. The summed E-state index contributed by atoms with van der Waals surface area (Å²) in [5, 5.41) is 4.27. The number of aromatic nitrogens is 2. The first kappa shape index (κ1) is 25.2. The third kappa shape index (κ3) is 5.89. The molecular formula is C33H30N2O3. The van der Waals surface area contributed by atoms with E-state index in [0.717, 1.165) is 56.2 Å². The number of rotatable bonds is 9. The predicted molar refractivity (Wildman–Crippen MR) is 150 cm³/mol. The Morgan fingerprint density at radius 1 is 0.789 bits per heavy atom. The van der Waals surface area contributed by atoms with E-state index in [1.54, 1.807) is 0 Å². The third-order valence-electron chi connectivity index (χ3n) is 6.58. The number of hydrogen-bond donors (Lipinski definition) is 0. The molecule has 0 fully saturated rings. The fraction of sp³-hybridized carbons (Fsp3) is 0.182. The minimum absolute atomic E-state index is 0.158. The second-order valence-corrected chi connectivity index (χ2v) is 9.21. The number of benzene rings is 3. The molecule has 3 aromatic carbocycles. The molecule has 5 heteroatoms. The molecule has 0 radical (unpaired) electrons. The van der Waals surface area contributed by atoms with E-state index in [4.69, 9.17) is 14.2 Å². The minimum Gasteiger partial charge on any atom is -0.466 e. The summed E-state index contributed by atoms with van der Waals surface area (Å²) in [6, 6.07) is 33.0. The maximum Gasteiger partial charge on any atom is 0.306 e. The first-order chi connectivity index (χ1) is 18.6. The van der Waals surface area contributed by atoms with Gasteiger partial charge < -0.3 is 9.26 Å². The fourth-order valence-electron chi connectivity index (χ4n) is 4.51. The highest BCUT2D eigenvalue weighted by atomic mass is 16.5. The molecule has 0 saturated carbocycles. The van der Waals surface area contributed by atoms with Crippen molar-refractivity contribution in [3.8, 4) is 33.7 Å². The molecule has 0 amide bonds. The maximum absolute atomic E-state index is 11.6. The lowest BCUT2D eigenvalue weighted by molar-refractivity contribution is -0.143. The Kier molecular flexibility index (Phi) is 7.74. The van der Waals surface area contributed by atoms with E-state index in [2.05, 4.69) is 65.8 Å². The SMILES string of the molecule is CCOC(=O)CCc1ccc(-c2ccc(-c3onc(C)c3Cc3cccc(-c4ccccc4)n3)cc2)cc1. The molecule has 5 rings (SSSR count). The van der Waals surface area contributed by atoms with E-state index >= 15 is 0 Å². The quantitative estimate of drug-likeness (QED) is 0.196. The molecule has 5 aromatic rings. The van der Waals surface area contributed by atoms with Gasteiger partial charge in [0.15, 0.2) is 5.76 Å².